The first-order chi connectivity index (χ1) is 19.0. The topological polar surface area (TPSA) is 0 Å². The molecule has 2 radical (unpaired) electrons. The standard InChI is InChI=1S/2C17H15.C4H8Si.2ClH.Zr/c2*1-12-10-13(2)17(11-12)16-9-5-7-14-6-3-4-8-15(14)16;1-2-4-5-3-1;;;/h2*3-9,11-12H,1-2H3;1-4H2;2*1H;/q2*-1;;;;+4/p-2. The van der Waals surface area contributed by atoms with E-state index in [4.69, 9.17) is 0 Å². The summed E-state index contributed by atoms with van der Waals surface area (Å²) in [6.45, 7) is 8.66. The van der Waals surface area contributed by atoms with Gasteiger partial charge in [0.25, 0.3) is 0 Å². The molecule has 0 nitrogen and oxygen atoms in total. The fourth-order valence-electron chi connectivity index (χ4n) is 5.80. The summed E-state index contributed by atoms with van der Waals surface area (Å²) >= 11 is 0. The van der Waals surface area contributed by atoms with E-state index in [0.29, 0.717) is 11.8 Å². The fourth-order valence-corrected chi connectivity index (χ4v) is 7.05. The van der Waals surface area contributed by atoms with Gasteiger partial charge in [0, 0.05) is 9.52 Å². The molecule has 2 unspecified atom stereocenters. The first-order valence-corrected chi connectivity index (χ1v) is 15.7. The van der Waals surface area contributed by atoms with Crippen LogP contribution < -0.4 is 24.8 Å². The minimum atomic E-state index is 0. The Balaban J connectivity index is 0.000000237. The average molecular weight is 685 g/mol. The van der Waals surface area contributed by atoms with E-state index in [1.165, 1.54) is 89.4 Å². The second-order valence-electron chi connectivity index (χ2n) is 10.8. The molecule has 0 N–H and O–H groups in total. The smallest absolute Gasteiger partial charge is 1.00 e. The molecule has 3 aliphatic rings. The third kappa shape index (κ3) is 8.79. The van der Waals surface area contributed by atoms with Crippen molar-refractivity contribution in [3.63, 3.8) is 0 Å². The second-order valence-corrected chi connectivity index (χ2v) is 12.3. The molecule has 1 aliphatic heterocycles. The number of hydrogen-bond donors (Lipinski definition) is 0. The Morgan fingerprint density at radius 3 is 1.29 bits per heavy atom. The summed E-state index contributed by atoms with van der Waals surface area (Å²) in [6.07, 6.45) is 14.5. The van der Waals surface area contributed by atoms with Gasteiger partial charge < -0.3 is 24.8 Å². The summed E-state index contributed by atoms with van der Waals surface area (Å²) < 4.78 is 0. The van der Waals surface area contributed by atoms with Crippen molar-refractivity contribution in [3.05, 3.63) is 132 Å². The van der Waals surface area contributed by atoms with Crippen molar-refractivity contribution in [2.24, 2.45) is 11.8 Å². The Morgan fingerprint density at radius 1 is 0.571 bits per heavy atom. The summed E-state index contributed by atoms with van der Waals surface area (Å²) in [5, 5.41) is 5.27. The molecule has 42 heavy (non-hydrogen) atoms. The van der Waals surface area contributed by atoms with Crippen LogP contribution in [-0.2, 0) is 26.2 Å². The van der Waals surface area contributed by atoms with E-state index >= 15 is 0 Å². The Kier molecular flexibility index (Phi) is 15.0. The molecule has 4 heteroatoms. The predicted octanol–water partition coefficient (Wildman–Crippen LogP) is 4.57. The van der Waals surface area contributed by atoms with Crippen molar-refractivity contribution in [1.82, 2.24) is 0 Å². The Labute approximate surface area is 287 Å². The van der Waals surface area contributed by atoms with Gasteiger partial charge in [-0.15, -0.1) is 0 Å². The first-order valence-electron chi connectivity index (χ1n) is 14.3. The average Bonchev–Trinajstić information content (AvgIpc) is 3.71. The summed E-state index contributed by atoms with van der Waals surface area (Å²) in [5.41, 5.74) is 7.89. The van der Waals surface area contributed by atoms with Crippen LogP contribution in [0.4, 0.5) is 0 Å². The van der Waals surface area contributed by atoms with Gasteiger partial charge in [-0.1, -0.05) is 161 Å². The van der Waals surface area contributed by atoms with Crippen LogP contribution in [0.2, 0.25) is 12.1 Å². The van der Waals surface area contributed by atoms with E-state index in [0.717, 1.165) is 0 Å². The maximum absolute atomic E-state index is 3.45. The van der Waals surface area contributed by atoms with E-state index in [1.807, 2.05) is 0 Å². The van der Waals surface area contributed by atoms with Crippen molar-refractivity contribution >= 4 is 42.2 Å². The van der Waals surface area contributed by atoms with Crippen molar-refractivity contribution in [2.75, 3.05) is 0 Å². The van der Waals surface area contributed by atoms with E-state index < -0.39 is 0 Å². The van der Waals surface area contributed by atoms with E-state index in [-0.39, 0.29) is 51.0 Å². The van der Waals surface area contributed by atoms with Gasteiger partial charge in [0.2, 0.25) is 0 Å². The van der Waals surface area contributed by atoms with Crippen LogP contribution in [0.15, 0.2) is 108 Å². The predicted molar refractivity (Wildman–Crippen MR) is 172 cm³/mol. The van der Waals surface area contributed by atoms with Crippen molar-refractivity contribution in [3.8, 4) is 0 Å². The van der Waals surface area contributed by atoms with Crippen LogP contribution in [0.25, 0.3) is 32.7 Å². The number of fused-ring (bicyclic) bond motifs is 2. The molecule has 7 rings (SSSR count). The van der Waals surface area contributed by atoms with Crippen LogP contribution in [-0.4, -0.2) is 9.52 Å². The van der Waals surface area contributed by atoms with E-state index in [1.54, 1.807) is 0 Å². The van der Waals surface area contributed by atoms with Crippen LogP contribution in [0, 0.1) is 24.0 Å². The number of allylic oxidation sites excluding steroid dienone is 8. The Bertz CT molecular complexity index is 1460. The van der Waals surface area contributed by atoms with Crippen molar-refractivity contribution < 1.29 is 51.0 Å². The molecule has 0 spiro atoms. The number of rotatable bonds is 2. The summed E-state index contributed by atoms with van der Waals surface area (Å²) in [7, 11) is 1.31. The van der Waals surface area contributed by atoms with Crippen molar-refractivity contribution in [2.45, 2.75) is 52.6 Å². The molecule has 0 aromatic heterocycles. The molecule has 4 aromatic carbocycles. The third-order valence-electron chi connectivity index (χ3n) is 7.65. The van der Waals surface area contributed by atoms with Crippen LogP contribution in [0.5, 0.6) is 0 Å². The van der Waals surface area contributed by atoms with Gasteiger partial charge in [0.05, 0.1) is 0 Å². The quantitative estimate of drug-likeness (QED) is 0.215. The molecule has 4 aromatic rings. The minimum Gasteiger partial charge on any atom is -1.00 e. The summed E-state index contributed by atoms with van der Waals surface area (Å²) in [5.74, 6) is 0.868. The van der Waals surface area contributed by atoms with Gasteiger partial charge in [-0.25, -0.2) is 11.1 Å². The number of hydrogen-bond acceptors (Lipinski definition) is 0. The fraction of sp³-hybridized carbons (Fsp3) is 0.263. The van der Waals surface area contributed by atoms with Gasteiger partial charge in [-0.05, 0) is 21.5 Å². The zero-order chi connectivity index (χ0) is 27.2. The molecular formula is C38H38Cl2SiZr. The molecule has 1 fully saturated rings. The SMILES string of the molecule is C1CC[Si]C1.CC1=[C-]C(C)C=C1c1cccc2ccccc12.CC1=[C-]C(C)C=C1c1cccc2ccccc12.[Cl-].[Cl-].[Zr+4]. The Hall–Kier alpha value is -1.96. The van der Waals surface area contributed by atoms with E-state index in [9.17, 15) is 0 Å². The summed E-state index contributed by atoms with van der Waals surface area (Å²) in [6, 6.07) is 33.2. The molecule has 212 valence electrons. The van der Waals surface area contributed by atoms with Crippen LogP contribution in [0.3, 0.4) is 0 Å². The maximum Gasteiger partial charge on any atom is 4.00 e. The molecule has 1 heterocycles. The molecule has 2 atom stereocenters. The monoisotopic (exact) mass is 682 g/mol. The van der Waals surface area contributed by atoms with Crippen molar-refractivity contribution in [1.29, 1.82) is 0 Å². The summed E-state index contributed by atoms with van der Waals surface area (Å²) in [4.78, 5) is 0. The first kappa shape index (κ1) is 36.2. The molecule has 2 aliphatic carbocycles. The van der Waals surface area contributed by atoms with E-state index in [2.05, 4.69) is 137 Å². The third-order valence-corrected chi connectivity index (χ3v) is 9.06. The Morgan fingerprint density at radius 2 is 0.952 bits per heavy atom. The number of halogens is 2. The van der Waals surface area contributed by atoms with Gasteiger partial charge >= 0.3 is 26.2 Å². The molecular weight excluding hydrogens is 647 g/mol. The molecule has 0 amide bonds. The van der Waals surface area contributed by atoms with Crippen LogP contribution in [0.1, 0.15) is 51.7 Å². The molecule has 1 saturated heterocycles. The second kappa shape index (κ2) is 17.4. The van der Waals surface area contributed by atoms with Gasteiger partial charge in [0.1, 0.15) is 0 Å². The maximum atomic E-state index is 3.45. The molecule has 0 bridgehead atoms. The van der Waals surface area contributed by atoms with Gasteiger partial charge in [-0.3, -0.25) is 12.2 Å². The zero-order valence-corrected chi connectivity index (χ0v) is 29.9. The zero-order valence-electron chi connectivity index (χ0n) is 25.0. The molecule has 0 saturated carbocycles. The van der Waals surface area contributed by atoms with Gasteiger partial charge in [0.15, 0.2) is 0 Å². The van der Waals surface area contributed by atoms with Crippen LogP contribution >= 0.6 is 0 Å². The minimum absolute atomic E-state index is 0. The normalized spacial score (nSPS) is 18.5. The van der Waals surface area contributed by atoms with Gasteiger partial charge in [-0.2, -0.15) is 23.3 Å². The number of benzene rings is 4. The largest absolute Gasteiger partial charge is 4.00 e.